The van der Waals surface area contributed by atoms with Crippen LogP contribution in [0.5, 0.6) is 0 Å². The van der Waals surface area contributed by atoms with Gasteiger partial charge in [-0.15, -0.1) is 0 Å². The first-order valence-electron chi connectivity index (χ1n) is 4.98. The molecule has 0 amide bonds. The van der Waals surface area contributed by atoms with Crippen molar-refractivity contribution < 1.29 is 4.21 Å². The molecule has 0 aromatic carbocycles. The average Bonchev–Trinajstić information content (AvgIpc) is 2.25. The molecule has 0 aliphatic heterocycles. The van der Waals surface area contributed by atoms with Crippen molar-refractivity contribution in [2.75, 3.05) is 12.8 Å². The van der Waals surface area contributed by atoms with E-state index in [1.54, 1.807) is 24.8 Å². The van der Waals surface area contributed by atoms with Gasteiger partial charge in [0.25, 0.3) is 0 Å². The molecule has 2 atom stereocenters. The van der Waals surface area contributed by atoms with E-state index in [1.807, 2.05) is 6.92 Å². The van der Waals surface area contributed by atoms with Crippen LogP contribution in [-0.4, -0.2) is 32.2 Å². The first kappa shape index (κ1) is 12.3. The molecule has 0 saturated heterocycles. The lowest BCUT2D eigenvalue weighted by molar-refractivity contribution is 0.622. The van der Waals surface area contributed by atoms with Crippen molar-refractivity contribution in [3.63, 3.8) is 0 Å². The zero-order valence-corrected chi connectivity index (χ0v) is 9.96. The zero-order chi connectivity index (χ0) is 11.1. The van der Waals surface area contributed by atoms with Crippen LogP contribution in [0.1, 0.15) is 19.0 Å². The molecule has 0 spiro atoms. The highest BCUT2D eigenvalue weighted by atomic mass is 32.2. The molecule has 0 radical (unpaired) electrons. The summed E-state index contributed by atoms with van der Waals surface area (Å²) in [5.74, 6) is 0. The molecule has 0 bridgehead atoms. The highest BCUT2D eigenvalue weighted by Gasteiger charge is 2.04. The summed E-state index contributed by atoms with van der Waals surface area (Å²) in [6.07, 6.45) is 7.75. The van der Waals surface area contributed by atoms with Gasteiger partial charge in [-0.3, -0.25) is 14.2 Å². The zero-order valence-electron chi connectivity index (χ0n) is 9.14. The summed E-state index contributed by atoms with van der Waals surface area (Å²) in [4.78, 5) is 8.12. The number of aromatic nitrogens is 2. The van der Waals surface area contributed by atoms with E-state index in [2.05, 4.69) is 15.3 Å². The molecule has 0 saturated carbocycles. The minimum atomic E-state index is -0.726. The van der Waals surface area contributed by atoms with Crippen molar-refractivity contribution in [1.29, 1.82) is 0 Å². The van der Waals surface area contributed by atoms with Crippen molar-refractivity contribution in [2.24, 2.45) is 0 Å². The summed E-state index contributed by atoms with van der Waals surface area (Å²) in [6.45, 7) is 3.58. The Morgan fingerprint density at radius 2 is 2.33 bits per heavy atom. The van der Waals surface area contributed by atoms with E-state index < -0.39 is 10.8 Å². The quantitative estimate of drug-likeness (QED) is 0.728. The van der Waals surface area contributed by atoms with Gasteiger partial charge in [-0.1, -0.05) is 6.92 Å². The van der Waals surface area contributed by atoms with Crippen LogP contribution in [0.3, 0.4) is 0 Å². The molecule has 84 valence electrons. The molecular formula is C10H17N3OS. The minimum absolute atomic E-state index is 0.249. The van der Waals surface area contributed by atoms with E-state index in [-0.39, 0.29) is 5.25 Å². The van der Waals surface area contributed by atoms with Crippen molar-refractivity contribution >= 4 is 10.8 Å². The second-order valence-corrected chi connectivity index (χ2v) is 5.27. The molecule has 1 aromatic rings. The number of nitrogens with one attached hydrogen (secondary N) is 1. The van der Waals surface area contributed by atoms with Crippen molar-refractivity contribution in [1.82, 2.24) is 15.3 Å². The first-order chi connectivity index (χ1) is 7.20. The summed E-state index contributed by atoms with van der Waals surface area (Å²) in [5, 5.41) is 3.50. The fourth-order valence-corrected chi connectivity index (χ4v) is 1.56. The fourth-order valence-electron chi connectivity index (χ4n) is 1.11. The Kier molecular flexibility index (Phi) is 5.42. The van der Waals surface area contributed by atoms with Gasteiger partial charge >= 0.3 is 0 Å². The van der Waals surface area contributed by atoms with Crippen LogP contribution in [-0.2, 0) is 17.3 Å². The predicted molar refractivity (Wildman–Crippen MR) is 61.9 cm³/mol. The Morgan fingerprint density at radius 3 is 2.93 bits per heavy atom. The van der Waals surface area contributed by atoms with Gasteiger partial charge in [0.05, 0.1) is 5.69 Å². The first-order valence-corrected chi connectivity index (χ1v) is 6.60. The van der Waals surface area contributed by atoms with E-state index >= 15 is 0 Å². The summed E-state index contributed by atoms with van der Waals surface area (Å²) >= 11 is 0. The van der Waals surface area contributed by atoms with Crippen LogP contribution in [0.25, 0.3) is 0 Å². The van der Waals surface area contributed by atoms with E-state index in [0.29, 0.717) is 0 Å². The van der Waals surface area contributed by atoms with Gasteiger partial charge in [-0.25, -0.2) is 0 Å². The monoisotopic (exact) mass is 227 g/mol. The Hall–Kier alpha value is -0.810. The van der Waals surface area contributed by atoms with Crippen LogP contribution in [0.4, 0.5) is 0 Å². The average molecular weight is 227 g/mol. The Labute approximate surface area is 93.0 Å². The molecule has 2 unspecified atom stereocenters. The molecule has 1 heterocycles. The summed E-state index contributed by atoms with van der Waals surface area (Å²) in [5.41, 5.74) is 0.933. The van der Waals surface area contributed by atoms with Gasteiger partial charge < -0.3 is 5.32 Å². The van der Waals surface area contributed by atoms with E-state index in [4.69, 9.17) is 0 Å². The van der Waals surface area contributed by atoms with Crippen molar-refractivity contribution in [2.45, 2.75) is 25.1 Å². The molecule has 1 aromatic heterocycles. The molecule has 0 aliphatic carbocycles. The fraction of sp³-hybridized carbons (Fsp3) is 0.600. The second-order valence-electron chi connectivity index (χ2n) is 3.47. The molecule has 0 fully saturated rings. The number of nitrogens with zero attached hydrogens (tertiary/aromatic N) is 2. The largest absolute Gasteiger partial charge is 0.311 e. The lowest BCUT2D eigenvalue weighted by Crippen LogP contribution is -2.21. The number of hydrogen-bond acceptors (Lipinski definition) is 4. The number of hydrogen-bond donors (Lipinski definition) is 1. The maximum absolute atomic E-state index is 11.1. The van der Waals surface area contributed by atoms with Crippen LogP contribution >= 0.6 is 0 Å². The van der Waals surface area contributed by atoms with Gasteiger partial charge in [0.1, 0.15) is 0 Å². The molecule has 0 aliphatic rings. The van der Waals surface area contributed by atoms with Crippen LogP contribution < -0.4 is 5.32 Å². The Balaban J connectivity index is 2.15. The van der Waals surface area contributed by atoms with Crippen LogP contribution in [0.2, 0.25) is 0 Å². The third-order valence-electron chi connectivity index (χ3n) is 2.22. The van der Waals surface area contributed by atoms with E-state index in [1.165, 1.54) is 0 Å². The van der Waals surface area contributed by atoms with Crippen molar-refractivity contribution in [3.8, 4) is 0 Å². The second kappa shape index (κ2) is 6.63. The summed E-state index contributed by atoms with van der Waals surface area (Å²) in [7, 11) is -0.726. The van der Waals surface area contributed by atoms with Crippen LogP contribution in [0, 0.1) is 0 Å². The molecule has 1 rings (SSSR count). The van der Waals surface area contributed by atoms with Gasteiger partial charge in [-0.2, -0.15) is 0 Å². The maximum Gasteiger partial charge on any atom is 0.0724 e. The third-order valence-corrected chi connectivity index (χ3v) is 3.59. The SMILES string of the molecule is CC(CCNCc1cnccn1)S(C)=O. The summed E-state index contributed by atoms with van der Waals surface area (Å²) < 4.78 is 11.1. The maximum atomic E-state index is 11.1. The standard InChI is InChI=1S/C10H17N3OS/c1-9(15(2)14)3-4-11-7-10-8-12-5-6-13-10/h5-6,8-9,11H,3-4,7H2,1-2H3. The smallest absolute Gasteiger partial charge is 0.0724 e. The van der Waals surface area contributed by atoms with Crippen molar-refractivity contribution in [3.05, 3.63) is 24.3 Å². The normalized spacial score (nSPS) is 14.8. The van der Waals surface area contributed by atoms with Gasteiger partial charge in [0.15, 0.2) is 0 Å². The Bertz CT molecular complexity index is 305. The van der Waals surface area contributed by atoms with Gasteiger partial charge in [-0.05, 0) is 13.0 Å². The molecule has 5 heteroatoms. The van der Waals surface area contributed by atoms with Gasteiger partial charge in [0, 0.05) is 47.4 Å². The topological polar surface area (TPSA) is 54.9 Å². The molecule has 4 nitrogen and oxygen atoms in total. The summed E-state index contributed by atoms with van der Waals surface area (Å²) in [6, 6.07) is 0. The minimum Gasteiger partial charge on any atom is -0.311 e. The van der Waals surface area contributed by atoms with E-state index in [0.717, 1.165) is 25.2 Å². The molecular weight excluding hydrogens is 210 g/mol. The van der Waals surface area contributed by atoms with Crippen LogP contribution in [0.15, 0.2) is 18.6 Å². The highest BCUT2D eigenvalue weighted by molar-refractivity contribution is 7.84. The van der Waals surface area contributed by atoms with E-state index in [9.17, 15) is 4.21 Å². The third kappa shape index (κ3) is 4.99. The Morgan fingerprint density at radius 1 is 1.53 bits per heavy atom. The molecule has 15 heavy (non-hydrogen) atoms. The lowest BCUT2D eigenvalue weighted by Gasteiger charge is -2.08. The number of rotatable bonds is 6. The lowest BCUT2D eigenvalue weighted by atomic mass is 10.3. The highest BCUT2D eigenvalue weighted by Crippen LogP contribution is 1.97. The predicted octanol–water partition coefficient (Wildman–Crippen LogP) is 0.723. The molecule has 1 N–H and O–H groups in total. The van der Waals surface area contributed by atoms with Gasteiger partial charge in [0.2, 0.25) is 0 Å².